The van der Waals surface area contributed by atoms with E-state index in [1.165, 1.54) is 18.2 Å². The Bertz CT molecular complexity index is 600. The van der Waals surface area contributed by atoms with Gasteiger partial charge in [0.1, 0.15) is 0 Å². The largest absolute Gasteiger partial charge is 0.465 e. The molecule has 0 amide bonds. The summed E-state index contributed by atoms with van der Waals surface area (Å²) in [5.74, 6) is 0.0475. The molecule has 0 atom stereocenters. The lowest BCUT2D eigenvalue weighted by molar-refractivity contribution is 0.0599. The number of carbonyl (C=O) groups excluding carboxylic acids is 1. The number of esters is 1. The second kappa shape index (κ2) is 7.07. The highest BCUT2D eigenvalue weighted by Crippen LogP contribution is 2.26. The standard InChI is InChI=1S/C19H22O2/c1-14(2)18-16(10-7-11-17(18)19(20)21-3)13-12-15-8-5-4-6-9-15/h4-11,14H,12-13H2,1-3H3. The van der Waals surface area contributed by atoms with Gasteiger partial charge in [-0.15, -0.1) is 0 Å². The number of ether oxygens (including phenoxy) is 1. The van der Waals surface area contributed by atoms with Crippen LogP contribution in [0.4, 0.5) is 0 Å². The molecule has 0 aliphatic carbocycles. The molecule has 0 N–H and O–H groups in total. The molecule has 2 aromatic carbocycles. The van der Waals surface area contributed by atoms with Crippen molar-refractivity contribution in [1.82, 2.24) is 0 Å². The van der Waals surface area contributed by atoms with Gasteiger partial charge in [0.15, 0.2) is 0 Å². The maximum Gasteiger partial charge on any atom is 0.338 e. The van der Waals surface area contributed by atoms with Gasteiger partial charge in [0.25, 0.3) is 0 Å². The van der Waals surface area contributed by atoms with Gasteiger partial charge in [-0.3, -0.25) is 0 Å². The van der Waals surface area contributed by atoms with E-state index in [4.69, 9.17) is 4.74 Å². The highest BCUT2D eigenvalue weighted by atomic mass is 16.5. The molecule has 0 heterocycles. The highest BCUT2D eigenvalue weighted by Gasteiger charge is 2.17. The zero-order valence-corrected chi connectivity index (χ0v) is 12.9. The summed E-state index contributed by atoms with van der Waals surface area (Å²) in [6.07, 6.45) is 1.91. The lowest BCUT2D eigenvalue weighted by atomic mass is 9.89. The molecule has 0 saturated carbocycles. The Morgan fingerprint density at radius 1 is 1.00 bits per heavy atom. The molecular weight excluding hydrogens is 260 g/mol. The Kier molecular flexibility index (Phi) is 5.15. The topological polar surface area (TPSA) is 26.3 Å². The van der Waals surface area contributed by atoms with E-state index < -0.39 is 0 Å². The Morgan fingerprint density at radius 3 is 2.33 bits per heavy atom. The highest BCUT2D eigenvalue weighted by molar-refractivity contribution is 5.91. The van der Waals surface area contributed by atoms with Crippen LogP contribution in [0.25, 0.3) is 0 Å². The number of benzene rings is 2. The van der Waals surface area contributed by atoms with Crippen LogP contribution >= 0.6 is 0 Å². The van der Waals surface area contributed by atoms with Crippen molar-refractivity contribution < 1.29 is 9.53 Å². The van der Waals surface area contributed by atoms with Crippen LogP contribution in [0.3, 0.4) is 0 Å². The smallest absolute Gasteiger partial charge is 0.338 e. The number of rotatable bonds is 5. The van der Waals surface area contributed by atoms with Crippen LogP contribution in [0.5, 0.6) is 0 Å². The molecule has 2 aromatic rings. The van der Waals surface area contributed by atoms with E-state index in [-0.39, 0.29) is 5.97 Å². The average molecular weight is 282 g/mol. The van der Waals surface area contributed by atoms with Gasteiger partial charge in [-0.05, 0) is 41.5 Å². The minimum absolute atomic E-state index is 0.250. The first-order valence-electron chi connectivity index (χ1n) is 7.37. The maximum absolute atomic E-state index is 11.9. The van der Waals surface area contributed by atoms with Gasteiger partial charge < -0.3 is 4.74 Å². The summed E-state index contributed by atoms with van der Waals surface area (Å²) < 4.78 is 4.91. The van der Waals surface area contributed by atoms with Crippen LogP contribution in [-0.2, 0) is 17.6 Å². The van der Waals surface area contributed by atoms with Gasteiger partial charge >= 0.3 is 5.97 Å². The van der Waals surface area contributed by atoms with Gasteiger partial charge in [0, 0.05) is 0 Å². The third kappa shape index (κ3) is 3.72. The van der Waals surface area contributed by atoms with E-state index in [0.717, 1.165) is 18.4 Å². The normalized spacial score (nSPS) is 10.7. The van der Waals surface area contributed by atoms with Gasteiger partial charge in [-0.25, -0.2) is 4.79 Å². The zero-order chi connectivity index (χ0) is 15.2. The van der Waals surface area contributed by atoms with Crippen molar-refractivity contribution in [1.29, 1.82) is 0 Å². The van der Waals surface area contributed by atoms with Crippen molar-refractivity contribution in [2.75, 3.05) is 7.11 Å². The lowest BCUT2D eigenvalue weighted by Gasteiger charge is -2.16. The molecule has 110 valence electrons. The quantitative estimate of drug-likeness (QED) is 0.761. The number of hydrogen-bond donors (Lipinski definition) is 0. The van der Waals surface area contributed by atoms with Crippen LogP contribution in [0.2, 0.25) is 0 Å². The average Bonchev–Trinajstić information content (AvgIpc) is 2.52. The van der Waals surface area contributed by atoms with Crippen LogP contribution in [-0.4, -0.2) is 13.1 Å². The Hall–Kier alpha value is -2.09. The SMILES string of the molecule is COC(=O)c1cccc(CCc2ccccc2)c1C(C)C. The molecule has 2 heteroatoms. The molecule has 0 aliphatic heterocycles. The number of methoxy groups -OCH3 is 1. The second-order valence-electron chi connectivity index (χ2n) is 5.51. The Labute approximate surface area is 126 Å². The molecule has 0 saturated heterocycles. The summed E-state index contributed by atoms with van der Waals surface area (Å²) in [6, 6.07) is 16.3. The van der Waals surface area contributed by atoms with Gasteiger partial charge in [0.05, 0.1) is 12.7 Å². The second-order valence-corrected chi connectivity index (χ2v) is 5.51. The zero-order valence-electron chi connectivity index (χ0n) is 12.9. The third-order valence-electron chi connectivity index (χ3n) is 3.70. The minimum Gasteiger partial charge on any atom is -0.465 e. The van der Waals surface area contributed by atoms with E-state index in [9.17, 15) is 4.79 Å². The van der Waals surface area contributed by atoms with Crippen molar-refractivity contribution in [2.45, 2.75) is 32.6 Å². The molecule has 0 fully saturated rings. The first-order chi connectivity index (χ1) is 10.1. The Morgan fingerprint density at radius 2 is 1.71 bits per heavy atom. The van der Waals surface area contributed by atoms with Crippen molar-refractivity contribution >= 4 is 5.97 Å². The van der Waals surface area contributed by atoms with Crippen LogP contribution in [0, 0.1) is 0 Å². The fourth-order valence-corrected chi connectivity index (χ4v) is 2.72. The van der Waals surface area contributed by atoms with E-state index in [1.54, 1.807) is 0 Å². The summed E-state index contributed by atoms with van der Waals surface area (Å²) >= 11 is 0. The molecule has 0 aromatic heterocycles. The molecular formula is C19H22O2. The summed E-state index contributed by atoms with van der Waals surface area (Å²) in [4.78, 5) is 11.9. The summed E-state index contributed by atoms with van der Waals surface area (Å²) in [7, 11) is 1.43. The summed E-state index contributed by atoms with van der Waals surface area (Å²) in [5, 5.41) is 0. The predicted octanol–water partition coefficient (Wildman–Crippen LogP) is 4.38. The minimum atomic E-state index is -0.250. The monoisotopic (exact) mass is 282 g/mol. The fraction of sp³-hybridized carbons (Fsp3) is 0.316. The maximum atomic E-state index is 11.9. The first-order valence-corrected chi connectivity index (χ1v) is 7.37. The molecule has 0 unspecified atom stereocenters. The lowest BCUT2D eigenvalue weighted by Crippen LogP contribution is -2.10. The molecule has 0 bridgehead atoms. The summed E-state index contributed by atoms with van der Waals surface area (Å²) in [6.45, 7) is 4.24. The van der Waals surface area contributed by atoms with E-state index in [2.05, 4.69) is 44.2 Å². The van der Waals surface area contributed by atoms with E-state index in [0.29, 0.717) is 11.5 Å². The molecule has 0 radical (unpaired) electrons. The van der Waals surface area contributed by atoms with Crippen molar-refractivity contribution in [3.05, 3.63) is 70.8 Å². The predicted molar refractivity (Wildman–Crippen MR) is 85.7 cm³/mol. The Balaban J connectivity index is 2.28. The van der Waals surface area contributed by atoms with Crippen molar-refractivity contribution in [2.24, 2.45) is 0 Å². The molecule has 2 nitrogen and oxygen atoms in total. The third-order valence-corrected chi connectivity index (χ3v) is 3.70. The first kappa shape index (κ1) is 15.3. The van der Waals surface area contributed by atoms with Crippen LogP contribution in [0.15, 0.2) is 48.5 Å². The number of carbonyl (C=O) groups is 1. The molecule has 2 rings (SSSR count). The van der Waals surface area contributed by atoms with E-state index in [1.807, 2.05) is 18.2 Å². The van der Waals surface area contributed by atoms with Gasteiger partial charge in [-0.2, -0.15) is 0 Å². The van der Waals surface area contributed by atoms with Crippen LogP contribution in [0.1, 0.15) is 46.8 Å². The van der Waals surface area contributed by atoms with Gasteiger partial charge in [0.2, 0.25) is 0 Å². The van der Waals surface area contributed by atoms with Crippen molar-refractivity contribution in [3.8, 4) is 0 Å². The van der Waals surface area contributed by atoms with Crippen molar-refractivity contribution in [3.63, 3.8) is 0 Å². The van der Waals surface area contributed by atoms with Gasteiger partial charge in [-0.1, -0.05) is 56.3 Å². The number of aryl methyl sites for hydroxylation is 2. The summed E-state index contributed by atoms with van der Waals surface area (Å²) in [5.41, 5.74) is 4.35. The number of hydrogen-bond acceptors (Lipinski definition) is 2. The fourth-order valence-electron chi connectivity index (χ4n) is 2.72. The van der Waals surface area contributed by atoms with E-state index >= 15 is 0 Å². The van der Waals surface area contributed by atoms with Crippen LogP contribution < -0.4 is 0 Å². The molecule has 21 heavy (non-hydrogen) atoms. The molecule has 0 spiro atoms. The molecule has 0 aliphatic rings.